The molecule has 2 aromatic rings. The summed E-state index contributed by atoms with van der Waals surface area (Å²) in [5.41, 5.74) is 6.33. The van der Waals surface area contributed by atoms with E-state index in [4.69, 9.17) is 22.1 Å². The van der Waals surface area contributed by atoms with Gasteiger partial charge in [0.25, 0.3) is 6.43 Å². The first kappa shape index (κ1) is 19.5. The zero-order chi connectivity index (χ0) is 18.6. The van der Waals surface area contributed by atoms with E-state index < -0.39 is 12.0 Å². The molecule has 0 aliphatic carbocycles. The quantitative estimate of drug-likeness (QED) is 0.707. The van der Waals surface area contributed by atoms with Crippen LogP contribution in [0.1, 0.15) is 39.2 Å². The molecule has 4 nitrogen and oxygen atoms in total. The molecule has 0 saturated carbocycles. The summed E-state index contributed by atoms with van der Waals surface area (Å²) in [5.74, 6) is 0.421. The van der Waals surface area contributed by atoms with Gasteiger partial charge in [0, 0.05) is 17.3 Å². The van der Waals surface area contributed by atoms with Crippen LogP contribution in [0.4, 0.5) is 8.78 Å². The van der Waals surface area contributed by atoms with Crippen molar-refractivity contribution in [3.8, 4) is 17.0 Å². The molecule has 0 aliphatic rings. The van der Waals surface area contributed by atoms with Crippen LogP contribution in [-0.4, -0.2) is 22.1 Å². The van der Waals surface area contributed by atoms with Gasteiger partial charge in [-0.3, -0.25) is 4.98 Å². The Morgan fingerprint density at radius 1 is 1.28 bits per heavy atom. The normalized spacial score (nSPS) is 14.0. The molecular formula is C18H22ClF2N3O. The van der Waals surface area contributed by atoms with Gasteiger partial charge in [-0.15, -0.1) is 0 Å². The first-order valence-electron chi connectivity index (χ1n) is 7.99. The molecule has 7 heteroatoms. The van der Waals surface area contributed by atoms with Crippen molar-refractivity contribution in [1.82, 2.24) is 9.97 Å². The van der Waals surface area contributed by atoms with E-state index in [1.54, 1.807) is 12.1 Å². The Labute approximate surface area is 151 Å². The van der Waals surface area contributed by atoms with Crippen LogP contribution in [0.3, 0.4) is 0 Å². The third-order valence-corrected chi connectivity index (χ3v) is 3.79. The lowest BCUT2D eigenvalue weighted by atomic mass is 9.93. The molecule has 25 heavy (non-hydrogen) atoms. The molecular weight excluding hydrogens is 348 g/mol. The maximum atomic E-state index is 13.5. The topological polar surface area (TPSA) is 61.0 Å². The zero-order valence-corrected chi connectivity index (χ0v) is 15.2. The lowest BCUT2D eigenvalue weighted by molar-refractivity contribution is 0.139. The van der Waals surface area contributed by atoms with Crippen LogP contribution >= 0.6 is 11.6 Å². The number of halogens is 3. The molecule has 2 N–H and O–H groups in total. The Morgan fingerprint density at radius 2 is 2.00 bits per heavy atom. The molecule has 0 saturated heterocycles. The summed E-state index contributed by atoms with van der Waals surface area (Å²) >= 11 is 5.84. The molecule has 136 valence electrons. The number of ether oxygens (including phenoxy) is 1. The maximum absolute atomic E-state index is 13.5. The lowest BCUT2D eigenvalue weighted by Crippen LogP contribution is -2.43. The average molecular weight is 370 g/mol. The standard InChI is InChI=1S/C18H22ClF2N3O/c1-11(2)8-18(3,22)10-25-15-9-24-14(7-13(15)17(20)21)12-4-5-23-16(19)6-12/h4-7,9,11,17H,8,10,22H2,1-3H3. The predicted molar refractivity (Wildman–Crippen MR) is 95.0 cm³/mol. The van der Waals surface area contributed by atoms with E-state index in [1.807, 2.05) is 20.8 Å². The van der Waals surface area contributed by atoms with Crippen LogP contribution < -0.4 is 10.5 Å². The van der Waals surface area contributed by atoms with Crippen molar-refractivity contribution in [1.29, 1.82) is 0 Å². The zero-order valence-electron chi connectivity index (χ0n) is 14.5. The first-order valence-corrected chi connectivity index (χ1v) is 8.37. The smallest absolute Gasteiger partial charge is 0.267 e. The average Bonchev–Trinajstić information content (AvgIpc) is 2.51. The third kappa shape index (κ3) is 5.61. The van der Waals surface area contributed by atoms with Crippen molar-refractivity contribution in [2.24, 2.45) is 11.7 Å². The van der Waals surface area contributed by atoms with Gasteiger partial charge in [0.2, 0.25) is 0 Å². The molecule has 1 unspecified atom stereocenters. The van der Waals surface area contributed by atoms with Crippen molar-refractivity contribution >= 4 is 11.6 Å². The van der Waals surface area contributed by atoms with Crippen molar-refractivity contribution in [3.05, 3.63) is 41.3 Å². The summed E-state index contributed by atoms with van der Waals surface area (Å²) in [5, 5.41) is 0.269. The Morgan fingerprint density at radius 3 is 2.60 bits per heavy atom. The van der Waals surface area contributed by atoms with E-state index in [2.05, 4.69) is 9.97 Å². The molecule has 0 aliphatic heterocycles. The number of hydrogen-bond donors (Lipinski definition) is 1. The minimum absolute atomic E-state index is 0.0411. The fourth-order valence-corrected chi connectivity index (χ4v) is 2.88. The fourth-order valence-electron chi connectivity index (χ4n) is 2.70. The second kappa shape index (κ2) is 8.06. The van der Waals surface area contributed by atoms with Crippen molar-refractivity contribution in [2.75, 3.05) is 6.61 Å². The van der Waals surface area contributed by atoms with Gasteiger partial charge in [-0.05, 0) is 37.5 Å². The minimum atomic E-state index is -2.69. The highest BCUT2D eigenvalue weighted by Crippen LogP contribution is 2.32. The lowest BCUT2D eigenvalue weighted by Gasteiger charge is -2.27. The maximum Gasteiger partial charge on any atom is 0.267 e. The summed E-state index contributed by atoms with van der Waals surface area (Å²) in [6, 6.07) is 4.53. The highest BCUT2D eigenvalue weighted by molar-refractivity contribution is 6.29. The predicted octanol–water partition coefficient (Wildman–Crippen LogP) is 4.88. The largest absolute Gasteiger partial charge is 0.490 e. The Balaban J connectivity index is 2.25. The number of rotatable bonds is 7. The molecule has 0 spiro atoms. The molecule has 0 bridgehead atoms. The van der Waals surface area contributed by atoms with E-state index in [0.29, 0.717) is 17.2 Å². The molecule has 2 heterocycles. The van der Waals surface area contributed by atoms with Crippen molar-refractivity contribution in [2.45, 2.75) is 39.2 Å². The summed E-state index contributed by atoms with van der Waals surface area (Å²) in [6.45, 7) is 6.07. The molecule has 2 rings (SSSR count). The van der Waals surface area contributed by atoms with Crippen molar-refractivity contribution in [3.63, 3.8) is 0 Å². The number of aromatic nitrogens is 2. The number of nitrogens with two attached hydrogens (primary N) is 1. The SMILES string of the molecule is CC(C)CC(C)(N)COc1cnc(-c2ccnc(Cl)c2)cc1C(F)F. The molecule has 2 aromatic heterocycles. The monoisotopic (exact) mass is 369 g/mol. The van der Waals surface area contributed by atoms with Gasteiger partial charge in [0.05, 0.1) is 17.5 Å². The van der Waals surface area contributed by atoms with Crippen molar-refractivity contribution < 1.29 is 13.5 Å². The van der Waals surface area contributed by atoms with E-state index in [9.17, 15) is 8.78 Å². The summed E-state index contributed by atoms with van der Waals surface area (Å²) < 4.78 is 32.5. The van der Waals surface area contributed by atoms with Crippen LogP contribution in [0.5, 0.6) is 5.75 Å². The second-order valence-electron chi connectivity index (χ2n) is 6.82. The Kier molecular flexibility index (Phi) is 6.30. The van der Waals surface area contributed by atoms with Crippen LogP contribution in [0.15, 0.2) is 30.6 Å². The summed E-state index contributed by atoms with van der Waals surface area (Å²) in [4.78, 5) is 8.08. The molecule has 0 aromatic carbocycles. The third-order valence-electron chi connectivity index (χ3n) is 3.59. The first-order chi connectivity index (χ1) is 11.7. The number of hydrogen-bond acceptors (Lipinski definition) is 4. The van der Waals surface area contributed by atoms with E-state index in [0.717, 1.165) is 6.42 Å². The molecule has 0 radical (unpaired) electrons. The van der Waals surface area contributed by atoms with Gasteiger partial charge in [0.15, 0.2) is 0 Å². The van der Waals surface area contributed by atoms with Gasteiger partial charge in [-0.2, -0.15) is 0 Å². The molecule has 1 atom stereocenters. The number of pyridine rings is 2. The van der Waals surface area contributed by atoms with E-state index in [-0.39, 0.29) is 23.1 Å². The number of nitrogens with zero attached hydrogens (tertiary/aromatic N) is 2. The highest BCUT2D eigenvalue weighted by Gasteiger charge is 2.23. The number of alkyl halides is 2. The summed E-state index contributed by atoms with van der Waals surface area (Å²) in [6.07, 6.45) is 0.829. The van der Waals surface area contributed by atoms with Gasteiger partial charge >= 0.3 is 0 Å². The minimum Gasteiger partial charge on any atom is -0.490 e. The van der Waals surface area contributed by atoms with Crippen LogP contribution in [0, 0.1) is 5.92 Å². The fraction of sp³-hybridized carbons (Fsp3) is 0.444. The van der Waals surface area contributed by atoms with Gasteiger partial charge < -0.3 is 10.5 Å². The van der Waals surface area contributed by atoms with Gasteiger partial charge in [-0.25, -0.2) is 13.8 Å². The molecule has 0 amide bonds. The van der Waals surface area contributed by atoms with Gasteiger partial charge in [-0.1, -0.05) is 25.4 Å². The highest BCUT2D eigenvalue weighted by atomic mass is 35.5. The van der Waals surface area contributed by atoms with Crippen LogP contribution in [0.2, 0.25) is 5.15 Å². The Bertz CT molecular complexity index is 723. The van der Waals surface area contributed by atoms with E-state index in [1.165, 1.54) is 18.5 Å². The Hall–Kier alpha value is -1.79. The molecule has 0 fully saturated rings. The van der Waals surface area contributed by atoms with Crippen LogP contribution in [-0.2, 0) is 0 Å². The van der Waals surface area contributed by atoms with Gasteiger partial charge in [0.1, 0.15) is 17.5 Å². The second-order valence-corrected chi connectivity index (χ2v) is 7.20. The van der Waals surface area contributed by atoms with E-state index >= 15 is 0 Å². The van der Waals surface area contributed by atoms with Crippen LogP contribution in [0.25, 0.3) is 11.3 Å². The summed E-state index contributed by atoms with van der Waals surface area (Å²) in [7, 11) is 0.